The van der Waals surface area contributed by atoms with E-state index < -0.39 is 0 Å². The van der Waals surface area contributed by atoms with Crippen molar-refractivity contribution < 1.29 is 10.2 Å². The maximum Gasteiger partial charge on any atom is 0.0644 e. The van der Waals surface area contributed by atoms with E-state index in [2.05, 4.69) is 55.4 Å². The van der Waals surface area contributed by atoms with Gasteiger partial charge in [-0.2, -0.15) is 0 Å². The Hall–Kier alpha value is -0.600. The molecular formula is C34H60O2. The number of aliphatic hydroxyl groups is 2. The van der Waals surface area contributed by atoms with Gasteiger partial charge in [0.25, 0.3) is 0 Å². The van der Waals surface area contributed by atoms with E-state index in [4.69, 9.17) is 0 Å². The van der Waals surface area contributed by atoms with Crippen molar-refractivity contribution in [1.82, 2.24) is 0 Å². The minimum atomic E-state index is 0.277. The van der Waals surface area contributed by atoms with E-state index in [-0.39, 0.29) is 13.2 Å². The first kappa shape index (κ1) is 29.9. The van der Waals surface area contributed by atoms with E-state index >= 15 is 0 Å². The van der Waals surface area contributed by atoms with Gasteiger partial charge in [-0.25, -0.2) is 0 Å². The molecule has 0 aromatic heterocycles. The van der Waals surface area contributed by atoms with Crippen LogP contribution in [0.4, 0.5) is 0 Å². The van der Waals surface area contributed by atoms with Crippen LogP contribution in [0.1, 0.15) is 132 Å². The van der Waals surface area contributed by atoms with Gasteiger partial charge in [-0.3, -0.25) is 0 Å². The molecule has 0 unspecified atom stereocenters. The molecule has 2 heteroatoms. The summed E-state index contributed by atoms with van der Waals surface area (Å²) in [5.74, 6) is 5.26. The first-order chi connectivity index (χ1) is 17.0. The van der Waals surface area contributed by atoms with Crippen LogP contribution in [0.3, 0.4) is 0 Å². The van der Waals surface area contributed by atoms with Gasteiger partial charge < -0.3 is 10.2 Å². The van der Waals surface area contributed by atoms with Gasteiger partial charge in [-0.05, 0) is 135 Å². The predicted molar refractivity (Wildman–Crippen MR) is 155 cm³/mol. The average molecular weight is 501 g/mol. The minimum Gasteiger partial charge on any atom is -0.392 e. The van der Waals surface area contributed by atoms with E-state index in [0.717, 1.165) is 48.3 Å². The molecule has 36 heavy (non-hydrogen) atoms. The largest absolute Gasteiger partial charge is 0.392 e. The average Bonchev–Trinajstić information content (AvgIpc) is 2.86. The monoisotopic (exact) mass is 500 g/mol. The van der Waals surface area contributed by atoms with Crippen molar-refractivity contribution in [2.24, 2.45) is 46.3 Å². The third-order valence-corrected chi connectivity index (χ3v) is 12.3. The minimum absolute atomic E-state index is 0.277. The Morgan fingerprint density at radius 2 is 1.00 bits per heavy atom. The smallest absolute Gasteiger partial charge is 0.0644 e. The van der Waals surface area contributed by atoms with E-state index in [1.54, 1.807) is 11.1 Å². The van der Waals surface area contributed by atoms with Crippen LogP contribution in [0.25, 0.3) is 0 Å². The molecular weight excluding hydrogens is 440 g/mol. The highest BCUT2D eigenvalue weighted by atomic mass is 16.3. The Balaban J connectivity index is 0.000000201. The molecule has 0 amide bonds. The molecule has 4 saturated carbocycles. The molecule has 0 aromatic rings. The third-order valence-electron chi connectivity index (χ3n) is 12.3. The zero-order valence-electron chi connectivity index (χ0n) is 25.3. The zero-order chi connectivity index (χ0) is 26.7. The lowest BCUT2D eigenvalue weighted by molar-refractivity contribution is 0.00681. The van der Waals surface area contributed by atoms with Gasteiger partial charge in [0, 0.05) is 0 Å². The maximum absolute atomic E-state index is 9.50. The predicted octanol–water partition coefficient (Wildman–Crippen LogP) is 9.12. The van der Waals surface area contributed by atoms with Gasteiger partial charge >= 0.3 is 0 Å². The summed E-state index contributed by atoms with van der Waals surface area (Å²) in [6.45, 7) is 19.7. The fraction of sp³-hybridized carbons (Fsp3) is 0.882. The Labute approximate surface area is 224 Å². The molecule has 4 fully saturated rings. The van der Waals surface area contributed by atoms with Gasteiger partial charge in [0.15, 0.2) is 0 Å². The van der Waals surface area contributed by atoms with Crippen LogP contribution in [-0.2, 0) is 0 Å². The number of hydrogen-bond acceptors (Lipinski definition) is 2. The van der Waals surface area contributed by atoms with Gasteiger partial charge in [0.2, 0.25) is 0 Å². The molecule has 0 heterocycles. The first-order valence-electron chi connectivity index (χ1n) is 15.6. The van der Waals surface area contributed by atoms with Crippen molar-refractivity contribution in [3.8, 4) is 0 Å². The van der Waals surface area contributed by atoms with Gasteiger partial charge in [0.05, 0.1) is 13.2 Å². The Bertz CT molecular complexity index is 707. The molecule has 208 valence electrons. The highest BCUT2D eigenvalue weighted by Crippen LogP contribution is 2.55. The van der Waals surface area contributed by atoms with Gasteiger partial charge in [0.1, 0.15) is 0 Å². The lowest BCUT2D eigenvalue weighted by Crippen LogP contribution is -2.42. The van der Waals surface area contributed by atoms with Crippen LogP contribution in [0.2, 0.25) is 0 Å². The molecule has 4 rings (SSSR count). The van der Waals surface area contributed by atoms with Crippen molar-refractivity contribution in [2.45, 2.75) is 132 Å². The summed E-state index contributed by atoms with van der Waals surface area (Å²) in [4.78, 5) is 0. The number of allylic oxidation sites excluding steroid dienone is 2. The molecule has 0 aromatic carbocycles. The highest BCUT2D eigenvalue weighted by Gasteiger charge is 2.46. The van der Waals surface area contributed by atoms with Crippen LogP contribution in [-0.4, -0.2) is 23.4 Å². The third kappa shape index (κ3) is 6.17. The van der Waals surface area contributed by atoms with Gasteiger partial charge in [-0.15, -0.1) is 0 Å². The maximum atomic E-state index is 9.50. The summed E-state index contributed by atoms with van der Waals surface area (Å²) < 4.78 is 0. The van der Waals surface area contributed by atoms with E-state index in [0.29, 0.717) is 10.8 Å². The van der Waals surface area contributed by atoms with E-state index in [1.165, 1.54) is 75.4 Å². The van der Waals surface area contributed by atoms with E-state index in [1.807, 2.05) is 0 Å². The molecule has 0 aliphatic heterocycles. The molecule has 0 radical (unpaired) electrons. The Kier molecular flexibility index (Phi) is 10.4. The van der Waals surface area contributed by atoms with Crippen LogP contribution >= 0.6 is 0 Å². The Morgan fingerprint density at radius 3 is 1.31 bits per heavy atom. The van der Waals surface area contributed by atoms with E-state index in [9.17, 15) is 10.2 Å². The van der Waals surface area contributed by atoms with Crippen molar-refractivity contribution >= 4 is 0 Å². The van der Waals surface area contributed by atoms with Crippen LogP contribution in [0.15, 0.2) is 22.3 Å². The molecule has 2 nitrogen and oxygen atoms in total. The van der Waals surface area contributed by atoms with Crippen LogP contribution in [0.5, 0.6) is 0 Å². The lowest BCUT2D eigenvalue weighted by atomic mass is 9.54. The van der Waals surface area contributed by atoms with Crippen molar-refractivity contribution in [3.63, 3.8) is 0 Å². The lowest BCUT2D eigenvalue weighted by Gasteiger charge is -2.51. The quantitative estimate of drug-likeness (QED) is 0.378. The summed E-state index contributed by atoms with van der Waals surface area (Å²) >= 11 is 0. The molecule has 0 saturated heterocycles. The second-order valence-electron chi connectivity index (χ2n) is 14.3. The normalized spacial score (nSPS) is 38.2. The SMILES string of the molecule is CC/C(CO)=C1/CC[C@@H]2CC[C@H](C)C(C)(C)[C@H]2C1.CC/C(CO)=C1/CC[C@H]2CC[C@H](C)C(C)(C)[C@@H]2C1. The summed E-state index contributed by atoms with van der Waals surface area (Å²) in [6, 6.07) is 0. The molecule has 6 atom stereocenters. The molecule has 0 spiro atoms. The summed E-state index contributed by atoms with van der Waals surface area (Å²) in [7, 11) is 0. The summed E-state index contributed by atoms with van der Waals surface area (Å²) in [5.41, 5.74) is 6.77. The zero-order valence-corrected chi connectivity index (χ0v) is 25.3. The second-order valence-corrected chi connectivity index (χ2v) is 14.3. The summed E-state index contributed by atoms with van der Waals surface area (Å²) in [5, 5.41) is 19.0. The Morgan fingerprint density at radius 1 is 0.639 bits per heavy atom. The number of fused-ring (bicyclic) bond motifs is 2. The number of hydrogen-bond donors (Lipinski definition) is 2. The molecule has 4 aliphatic rings. The van der Waals surface area contributed by atoms with Gasteiger partial charge in [-0.1, -0.05) is 66.5 Å². The topological polar surface area (TPSA) is 40.5 Å². The summed E-state index contributed by atoms with van der Waals surface area (Å²) in [6.07, 6.45) is 15.5. The first-order valence-corrected chi connectivity index (χ1v) is 15.6. The standard InChI is InChI=1S/2C17H30O/c2*1-5-13(11-18)15-9-8-14-7-6-12(2)17(3,4)16(14)10-15/h2*12,14,16,18H,5-11H2,1-4H3/b2*15-13+/t12-,14+,16+;12-,14-,16-/m00/s1. The fourth-order valence-electron chi connectivity index (χ4n) is 8.61. The second kappa shape index (κ2) is 12.5. The van der Waals surface area contributed by atoms with Crippen LogP contribution < -0.4 is 0 Å². The van der Waals surface area contributed by atoms with Crippen LogP contribution in [0, 0.1) is 46.3 Å². The molecule has 0 bridgehead atoms. The fourth-order valence-corrected chi connectivity index (χ4v) is 8.61. The van der Waals surface area contributed by atoms with Crippen molar-refractivity contribution in [2.75, 3.05) is 13.2 Å². The van der Waals surface area contributed by atoms with Crippen molar-refractivity contribution in [3.05, 3.63) is 22.3 Å². The number of aliphatic hydroxyl groups excluding tert-OH is 2. The highest BCUT2D eigenvalue weighted by molar-refractivity contribution is 5.20. The number of rotatable bonds is 4. The molecule has 2 N–H and O–H groups in total. The molecule has 4 aliphatic carbocycles. The van der Waals surface area contributed by atoms with Crippen molar-refractivity contribution in [1.29, 1.82) is 0 Å².